The summed E-state index contributed by atoms with van der Waals surface area (Å²) in [4.78, 5) is 10.6. The molecule has 4 heterocycles. The van der Waals surface area contributed by atoms with Crippen LogP contribution in [0, 0.1) is 11.3 Å². The van der Waals surface area contributed by atoms with Crippen molar-refractivity contribution < 1.29 is 8.42 Å². The van der Waals surface area contributed by atoms with Crippen LogP contribution in [0.4, 0.5) is 5.69 Å². The second-order valence-electron chi connectivity index (χ2n) is 5.95. The molecule has 3 aromatic heterocycles. The van der Waals surface area contributed by atoms with E-state index in [9.17, 15) is 8.42 Å². The zero-order valence-corrected chi connectivity index (χ0v) is 14.0. The summed E-state index contributed by atoms with van der Waals surface area (Å²) in [5.74, 6) is -0.528. The smallest absolute Gasteiger partial charge is 0.225 e. The lowest BCUT2D eigenvalue weighted by atomic mass is 10.1. The molecule has 1 unspecified atom stereocenters. The lowest BCUT2D eigenvalue weighted by molar-refractivity contribution is 0.564. The zero-order chi connectivity index (χ0) is 17.4. The van der Waals surface area contributed by atoms with E-state index in [1.54, 1.807) is 24.7 Å². The molecule has 0 aromatic carbocycles. The summed E-state index contributed by atoms with van der Waals surface area (Å²) in [6, 6.07) is 3.35. The Labute approximate surface area is 143 Å². The normalized spacial score (nSPS) is 18.0. The molecule has 1 fully saturated rings. The fourth-order valence-corrected chi connectivity index (χ4v) is 4.20. The van der Waals surface area contributed by atoms with Crippen molar-refractivity contribution in [1.82, 2.24) is 24.9 Å². The van der Waals surface area contributed by atoms with Crippen molar-refractivity contribution in [3.8, 4) is 6.07 Å². The molecule has 0 amide bonds. The maximum atomic E-state index is 11.8. The number of aromatic amines is 1. The van der Waals surface area contributed by atoms with Crippen molar-refractivity contribution in [2.24, 2.45) is 0 Å². The molecule has 25 heavy (non-hydrogen) atoms. The fourth-order valence-electron chi connectivity index (χ4n) is 3.24. The monoisotopic (exact) mass is 357 g/mol. The van der Waals surface area contributed by atoms with Gasteiger partial charge in [-0.15, -0.1) is 0 Å². The molecule has 128 valence electrons. The van der Waals surface area contributed by atoms with E-state index >= 15 is 0 Å². The first kappa shape index (κ1) is 15.7. The molecular weight excluding hydrogens is 342 g/mol. The molecule has 3 aromatic rings. The second kappa shape index (κ2) is 5.94. The van der Waals surface area contributed by atoms with E-state index in [1.807, 2.05) is 6.07 Å². The Morgan fingerprint density at radius 2 is 2.28 bits per heavy atom. The minimum atomic E-state index is -3.57. The van der Waals surface area contributed by atoms with Crippen LogP contribution in [0.3, 0.4) is 0 Å². The van der Waals surface area contributed by atoms with Gasteiger partial charge in [-0.05, 0) is 12.5 Å². The van der Waals surface area contributed by atoms with Gasteiger partial charge in [-0.25, -0.2) is 23.1 Å². The summed E-state index contributed by atoms with van der Waals surface area (Å²) in [5, 5.41) is 17.6. The molecule has 4 rings (SSSR count). The molecule has 0 saturated carbocycles. The Morgan fingerprint density at radius 3 is 3.12 bits per heavy atom. The van der Waals surface area contributed by atoms with Crippen LogP contribution in [0.1, 0.15) is 6.42 Å². The van der Waals surface area contributed by atoms with Gasteiger partial charge >= 0.3 is 0 Å². The molecule has 1 saturated heterocycles. The van der Waals surface area contributed by atoms with Gasteiger partial charge in [-0.3, -0.25) is 5.10 Å². The number of hydrogen-bond acceptors (Lipinski definition) is 7. The number of nitriles is 1. The van der Waals surface area contributed by atoms with Gasteiger partial charge in [0.05, 0.1) is 29.7 Å². The van der Waals surface area contributed by atoms with E-state index in [2.05, 4.69) is 29.8 Å². The summed E-state index contributed by atoms with van der Waals surface area (Å²) in [7, 11) is -3.57. The van der Waals surface area contributed by atoms with Gasteiger partial charge in [0.15, 0.2) is 11.4 Å². The summed E-state index contributed by atoms with van der Waals surface area (Å²) in [5.41, 5.74) is 2.38. The number of sulfonamides is 1. The molecule has 1 aliphatic heterocycles. The number of rotatable bonds is 4. The maximum absolute atomic E-state index is 11.8. The topological polar surface area (TPSA) is 128 Å². The molecule has 0 radical (unpaired) electrons. The molecule has 1 aliphatic rings. The molecule has 9 nitrogen and oxygen atoms in total. The Bertz CT molecular complexity index is 1090. The highest BCUT2D eigenvalue weighted by Gasteiger charge is 2.28. The number of H-pyrrole nitrogens is 1. The van der Waals surface area contributed by atoms with Crippen molar-refractivity contribution in [3.63, 3.8) is 0 Å². The van der Waals surface area contributed by atoms with Crippen molar-refractivity contribution in [1.29, 1.82) is 5.26 Å². The van der Waals surface area contributed by atoms with Gasteiger partial charge in [0.2, 0.25) is 10.0 Å². The first-order valence-corrected chi connectivity index (χ1v) is 9.41. The van der Waals surface area contributed by atoms with Gasteiger partial charge < -0.3 is 4.90 Å². The van der Waals surface area contributed by atoms with Crippen molar-refractivity contribution in [2.75, 3.05) is 23.7 Å². The first-order valence-electron chi connectivity index (χ1n) is 7.76. The van der Waals surface area contributed by atoms with E-state index in [1.165, 1.54) is 0 Å². The number of aromatic nitrogens is 4. The van der Waals surface area contributed by atoms with Gasteiger partial charge in [0.1, 0.15) is 0 Å². The second-order valence-corrected chi connectivity index (χ2v) is 7.70. The Kier molecular flexibility index (Phi) is 3.74. The molecule has 0 spiro atoms. The van der Waals surface area contributed by atoms with E-state index in [4.69, 9.17) is 5.26 Å². The highest BCUT2D eigenvalue weighted by atomic mass is 32.2. The number of hydrogen-bond donors (Lipinski definition) is 2. The fraction of sp³-hybridized carbons (Fsp3) is 0.333. The zero-order valence-electron chi connectivity index (χ0n) is 13.2. The first-order chi connectivity index (χ1) is 12.1. The molecule has 1 atom stereocenters. The lowest BCUT2D eigenvalue weighted by Gasteiger charge is -2.20. The van der Waals surface area contributed by atoms with Crippen LogP contribution in [0.15, 0.2) is 24.7 Å². The predicted octanol–water partition coefficient (Wildman–Crippen LogP) is 0.528. The van der Waals surface area contributed by atoms with Gasteiger partial charge in [0, 0.05) is 36.1 Å². The Balaban J connectivity index is 1.67. The van der Waals surface area contributed by atoms with Crippen LogP contribution < -0.4 is 9.62 Å². The van der Waals surface area contributed by atoms with Crippen LogP contribution in [0.25, 0.3) is 21.9 Å². The van der Waals surface area contributed by atoms with Crippen LogP contribution in [0.5, 0.6) is 0 Å². The third-order valence-corrected chi connectivity index (χ3v) is 5.49. The standard InChI is InChI=1S/C15H15N7O2S/c16-3-6-25(23,24)21-10-2-5-22(9-10)13-8-19-20-12-7-18-15-11(14(12)13)1-4-17-15/h1,4,7-8,10,20-21H,2,5-6,9H2. The highest BCUT2D eigenvalue weighted by Crippen LogP contribution is 2.32. The van der Waals surface area contributed by atoms with Gasteiger partial charge in [0.25, 0.3) is 0 Å². The molecule has 2 N–H and O–H groups in total. The van der Waals surface area contributed by atoms with Crippen molar-refractivity contribution >= 4 is 37.6 Å². The Morgan fingerprint density at radius 1 is 1.40 bits per heavy atom. The average Bonchev–Trinajstić information content (AvgIpc) is 3.22. The van der Waals surface area contributed by atoms with E-state index < -0.39 is 15.8 Å². The lowest BCUT2D eigenvalue weighted by Crippen LogP contribution is -2.38. The van der Waals surface area contributed by atoms with Gasteiger partial charge in [-0.1, -0.05) is 0 Å². The minimum absolute atomic E-state index is 0.229. The molecule has 0 bridgehead atoms. The van der Waals surface area contributed by atoms with E-state index in [-0.39, 0.29) is 6.04 Å². The summed E-state index contributed by atoms with van der Waals surface area (Å²) in [6.45, 7) is 1.21. The third kappa shape index (κ3) is 2.88. The number of nitrogens with one attached hydrogen (secondary N) is 2. The van der Waals surface area contributed by atoms with Crippen molar-refractivity contribution in [3.05, 3.63) is 24.7 Å². The van der Waals surface area contributed by atoms with Crippen molar-refractivity contribution in [2.45, 2.75) is 12.5 Å². The third-order valence-electron chi connectivity index (χ3n) is 4.29. The maximum Gasteiger partial charge on any atom is 0.225 e. The van der Waals surface area contributed by atoms with E-state index in [0.29, 0.717) is 25.2 Å². The van der Waals surface area contributed by atoms with Gasteiger partial charge in [-0.2, -0.15) is 10.4 Å². The van der Waals surface area contributed by atoms with Crippen LogP contribution in [-0.2, 0) is 10.0 Å². The molecular formula is C15H15N7O2S. The average molecular weight is 357 g/mol. The predicted molar refractivity (Wildman–Crippen MR) is 92.3 cm³/mol. The quantitative estimate of drug-likeness (QED) is 0.697. The summed E-state index contributed by atoms with van der Waals surface area (Å²) >= 11 is 0. The number of fused-ring (bicyclic) bond motifs is 3. The number of nitrogens with zero attached hydrogens (tertiary/aromatic N) is 5. The minimum Gasteiger partial charge on any atom is -0.368 e. The Hall–Kier alpha value is -2.77. The SMILES string of the molecule is N#CCS(=O)(=O)NC1CCN(c2cn[nH]c3cnc4nccc4c23)C1. The van der Waals surface area contributed by atoms with E-state index in [0.717, 1.165) is 22.0 Å². The molecule has 10 heteroatoms. The number of anilines is 1. The summed E-state index contributed by atoms with van der Waals surface area (Å²) < 4.78 is 26.2. The molecule has 0 aliphatic carbocycles. The largest absolute Gasteiger partial charge is 0.368 e. The van der Waals surface area contributed by atoms with Crippen LogP contribution >= 0.6 is 0 Å². The summed E-state index contributed by atoms with van der Waals surface area (Å²) in [6.07, 6.45) is 5.81. The van der Waals surface area contributed by atoms with Crippen LogP contribution in [-0.4, -0.2) is 53.5 Å². The van der Waals surface area contributed by atoms with Crippen LogP contribution in [0.2, 0.25) is 0 Å². The highest BCUT2D eigenvalue weighted by molar-refractivity contribution is 7.89. The number of pyridine rings is 1.